The highest BCUT2D eigenvalue weighted by molar-refractivity contribution is 5.41. The predicted molar refractivity (Wildman–Crippen MR) is 60.6 cm³/mol. The first-order chi connectivity index (χ1) is 7.70. The van der Waals surface area contributed by atoms with Crippen LogP contribution >= 0.6 is 0 Å². The summed E-state index contributed by atoms with van der Waals surface area (Å²) in [6.45, 7) is 0. The van der Waals surface area contributed by atoms with Crippen LogP contribution in [-0.4, -0.2) is 16.3 Å². The van der Waals surface area contributed by atoms with E-state index >= 15 is 0 Å². The summed E-state index contributed by atoms with van der Waals surface area (Å²) in [5, 5.41) is 22.0. The standard InChI is InChI=1S/C12H15NO3/c14-10-5-6-11(12(15)7-10)8-1-3-9(13-16)4-2-8/h5-9,14-15H,1-4H2. The lowest BCUT2D eigenvalue weighted by Crippen LogP contribution is -2.15. The lowest BCUT2D eigenvalue weighted by Gasteiger charge is -2.25. The van der Waals surface area contributed by atoms with Crippen molar-refractivity contribution in [1.29, 1.82) is 0 Å². The van der Waals surface area contributed by atoms with Crippen molar-refractivity contribution in [1.82, 2.24) is 0 Å². The number of nitroso groups, excluding NO2 is 1. The van der Waals surface area contributed by atoms with Gasteiger partial charge in [-0.25, -0.2) is 0 Å². The molecule has 0 unspecified atom stereocenters. The van der Waals surface area contributed by atoms with E-state index in [9.17, 15) is 15.1 Å². The van der Waals surface area contributed by atoms with E-state index < -0.39 is 0 Å². The average Bonchev–Trinajstić information content (AvgIpc) is 2.29. The maximum Gasteiger partial charge on any atom is 0.122 e. The molecule has 1 fully saturated rings. The maximum absolute atomic E-state index is 10.4. The molecule has 2 rings (SSSR count). The van der Waals surface area contributed by atoms with Gasteiger partial charge in [0.05, 0.1) is 6.04 Å². The molecule has 0 aromatic heterocycles. The summed E-state index contributed by atoms with van der Waals surface area (Å²) in [5.74, 6) is 0.491. The molecule has 86 valence electrons. The van der Waals surface area contributed by atoms with Gasteiger partial charge in [-0.2, -0.15) is 4.91 Å². The van der Waals surface area contributed by atoms with Crippen LogP contribution in [0.25, 0.3) is 0 Å². The van der Waals surface area contributed by atoms with Crippen LogP contribution in [0.1, 0.15) is 37.2 Å². The predicted octanol–water partition coefficient (Wildman–Crippen LogP) is 2.89. The van der Waals surface area contributed by atoms with E-state index in [2.05, 4.69) is 5.18 Å². The Hall–Kier alpha value is -1.58. The van der Waals surface area contributed by atoms with Crippen LogP contribution in [0.4, 0.5) is 0 Å². The van der Waals surface area contributed by atoms with Gasteiger partial charge in [-0.3, -0.25) is 0 Å². The molecule has 4 nitrogen and oxygen atoms in total. The number of phenolic OH excluding ortho intramolecular Hbond substituents is 2. The Balaban J connectivity index is 2.11. The molecule has 0 amide bonds. The van der Waals surface area contributed by atoms with Crippen LogP contribution in [0.3, 0.4) is 0 Å². The summed E-state index contributed by atoms with van der Waals surface area (Å²) in [4.78, 5) is 10.4. The fraction of sp³-hybridized carbons (Fsp3) is 0.500. The summed E-state index contributed by atoms with van der Waals surface area (Å²) < 4.78 is 0. The minimum absolute atomic E-state index is 0.0597. The number of rotatable bonds is 2. The minimum Gasteiger partial charge on any atom is -0.508 e. The van der Waals surface area contributed by atoms with Gasteiger partial charge in [-0.15, -0.1) is 0 Å². The molecule has 0 heterocycles. The van der Waals surface area contributed by atoms with Gasteiger partial charge in [0, 0.05) is 6.07 Å². The third-order valence-electron chi connectivity index (χ3n) is 3.30. The van der Waals surface area contributed by atoms with E-state index in [0.717, 1.165) is 31.2 Å². The molecule has 4 heteroatoms. The van der Waals surface area contributed by atoms with Crippen molar-refractivity contribution in [2.24, 2.45) is 5.18 Å². The summed E-state index contributed by atoms with van der Waals surface area (Å²) in [6.07, 6.45) is 3.31. The van der Waals surface area contributed by atoms with Crippen molar-refractivity contribution in [2.75, 3.05) is 0 Å². The van der Waals surface area contributed by atoms with Crippen molar-refractivity contribution < 1.29 is 10.2 Å². The van der Waals surface area contributed by atoms with Crippen molar-refractivity contribution in [3.8, 4) is 11.5 Å². The van der Waals surface area contributed by atoms with Crippen molar-refractivity contribution in [3.63, 3.8) is 0 Å². The molecule has 0 spiro atoms. The lowest BCUT2D eigenvalue weighted by atomic mass is 9.81. The molecular weight excluding hydrogens is 206 g/mol. The molecule has 1 aliphatic rings. The van der Waals surface area contributed by atoms with Crippen LogP contribution in [0.2, 0.25) is 0 Å². The number of hydrogen-bond acceptors (Lipinski definition) is 4. The SMILES string of the molecule is O=NC1CCC(c2ccc(O)cc2O)CC1. The molecule has 1 saturated carbocycles. The fourth-order valence-electron chi connectivity index (χ4n) is 2.37. The Morgan fingerprint density at radius 1 is 1.12 bits per heavy atom. The highest BCUT2D eigenvalue weighted by Gasteiger charge is 2.24. The molecule has 1 aromatic carbocycles. The van der Waals surface area contributed by atoms with E-state index in [4.69, 9.17) is 0 Å². The Morgan fingerprint density at radius 2 is 1.81 bits per heavy atom. The van der Waals surface area contributed by atoms with Crippen molar-refractivity contribution >= 4 is 0 Å². The van der Waals surface area contributed by atoms with Gasteiger partial charge in [-0.1, -0.05) is 11.2 Å². The molecule has 1 aromatic rings. The Kier molecular flexibility index (Phi) is 3.08. The van der Waals surface area contributed by atoms with E-state index in [1.165, 1.54) is 6.07 Å². The van der Waals surface area contributed by atoms with Crippen molar-refractivity contribution in [2.45, 2.75) is 37.6 Å². The lowest BCUT2D eigenvalue weighted by molar-refractivity contribution is 0.379. The quantitative estimate of drug-likeness (QED) is 0.754. The highest BCUT2D eigenvalue weighted by atomic mass is 16.3. The molecular formula is C12H15NO3. The van der Waals surface area contributed by atoms with E-state index in [1.54, 1.807) is 12.1 Å². The first-order valence-corrected chi connectivity index (χ1v) is 5.55. The smallest absolute Gasteiger partial charge is 0.122 e. The molecule has 16 heavy (non-hydrogen) atoms. The second-order valence-corrected chi connectivity index (χ2v) is 4.35. The zero-order chi connectivity index (χ0) is 11.5. The second kappa shape index (κ2) is 4.51. The van der Waals surface area contributed by atoms with E-state index in [1.807, 2.05) is 0 Å². The van der Waals surface area contributed by atoms with Gasteiger partial charge < -0.3 is 10.2 Å². The number of nitrogens with zero attached hydrogens (tertiary/aromatic N) is 1. The number of benzene rings is 1. The summed E-state index contributed by atoms with van der Waals surface area (Å²) >= 11 is 0. The van der Waals surface area contributed by atoms with Gasteiger partial charge in [0.2, 0.25) is 0 Å². The maximum atomic E-state index is 10.4. The molecule has 1 aliphatic carbocycles. The third-order valence-corrected chi connectivity index (χ3v) is 3.30. The molecule has 2 N–H and O–H groups in total. The average molecular weight is 221 g/mol. The summed E-state index contributed by atoms with van der Waals surface area (Å²) in [5.41, 5.74) is 0.863. The third kappa shape index (κ3) is 2.15. The van der Waals surface area contributed by atoms with Gasteiger partial charge in [0.15, 0.2) is 0 Å². The van der Waals surface area contributed by atoms with Gasteiger partial charge in [0.25, 0.3) is 0 Å². The largest absolute Gasteiger partial charge is 0.508 e. The van der Waals surface area contributed by atoms with Gasteiger partial charge >= 0.3 is 0 Å². The van der Waals surface area contributed by atoms with E-state index in [0.29, 0.717) is 0 Å². The van der Waals surface area contributed by atoms with Crippen LogP contribution in [-0.2, 0) is 0 Å². The summed E-state index contributed by atoms with van der Waals surface area (Å²) in [7, 11) is 0. The Labute approximate surface area is 93.9 Å². The van der Waals surface area contributed by atoms with Crippen molar-refractivity contribution in [3.05, 3.63) is 28.7 Å². The summed E-state index contributed by atoms with van der Waals surface area (Å²) in [6, 6.07) is 4.64. The first-order valence-electron chi connectivity index (χ1n) is 5.55. The monoisotopic (exact) mass is 221 g/mol. The van der Waals surface area contributed by atoms with Crippen LogP contribution in [0.5, 0.6) is 11.5 Å². The zero-order valence-corrected chi connectivity index (χ0v) is 8.97. The first kappa shape index (κ1) is 10.9. The number of phenols is 2. The highest BCUT2D eigenvalue weighted by Crippen LogP contribution is 2.38. The minimum atomic E-state index is -0.0597. The molecule has 0 radical (unpaired) electrons. The van der Waals surface area contributed by atoms with Crippen LogP contribution in [0.15, 0.2) is 23.4 Å². The van der Waals surface area contributed by atoms with E-state index in [-0.39, 0.29) is 23.5 Å². The van der Waals surface area contributed by atoms with Gasteiger partial charge in [-0.05, 0) is 43.2 Å². The molecule has 0 saturated heterocycles. The number of hydrogen-bond donors (Lipinski definition) is 2. The van der Waals surface area contributed by atoms with Gasteiger partial charge in [0.1, 0.15) is 11.5 Å². The van der Waals surface area contributed by atoms with Crippen LogP contribution in [0, 0.1) is 4.91 Å². The zero-order valence-electron chi connectivity index (χ0n) is 8.97. The Bertz CT molecular complexity index is 384. The molecule has 0 bridgehead atoms. The second-order valence-electron chi connectivity index (χ2n) is 4.35. The molecule has 0 atom stereocenters. The Morgan fingerprint density at radius 3 is 2.38 bits per heavy atom. The number of aromatic hydroxyl groups is 2. The van der Waals surface area contributed by atoms with Crippen LogP contribution < -0.4 is 0 Å². The topological polar surface area (TPSA) is 69.9 Å². The molecule has 0 aliphatic heterocycles. The fourth-order valence-corrected chi connectivity index (χ4v) is 2.37. The normalized spacial score (nSPS) is 25.2.